The SMILES string of the molecule is Cc1n[nH]c(C)c1C(=O)N1CC[C@H](O)[C@](Cc2cccc(F)c2)(C(=O)O)C1. The van der Waals surface area contributed by atoms with Crippen LogP contribution in [-0.4, -0.2) is 56.4 Å². The Morgan fingerprint density at radius 1 is 1.41 bits per heavy atom. The Kier molecular flexibility index (Phi) is 5.01. The van der Waals surface area contributed by atoms with E-state index in [0.29, 0.717) is 22.5 Å². The number of carbonyl (C=O) groups excluding carboxylic acids is 1. The lowest BCUT2D eigenvalue weighted by Gasteiger charge is -2.43. The van der Waals surface area contributed by atoms with Gasteiger partial charge in [-0.15, -0.1) is 0 Å². The molecule has 3 rings (SSSR count). The Morgan fingerprint density at radius 2 is 2.15 bits per heavy atom. The van der Waals surface area contributed by atoms with Crippen LogP contribution in [0.1, 0.15) is 33.7 Å². The normalized spacial score (nSPS) is 22.7. The van der Waals surface area contributed by atoms with Crippen LogP contribution in [0.4, 0.5) is 4.39 Å². The van der Waals surface area contributed by atoms with Crippen LogP contribution in [0, 0.1) is 25.1 Å². The number of aliphatic hydroxyl groups is 1. The molecule has 1 aromatic carbocycles. The highest BCUT2D eigenvalue weighted by Crippen LogP contribution is 2.35. The van der Waals surface area contributed by atoms with Crippen molar-refractivity contribution in [1.82, 2.24) is 15.1 Å². The van der Waals surface area contributed by atoms with Gasteiger partial charge < -0.3 is 15.1 Å². The number of aromatic nitrogens is 2. The maximum absolute atomic E-state index is 13.5. The molecule has 2 aromatic rings. The van der Waals surface area contributed by atoms with Gasteiger partial charge in [-0.2, -0.15) is 5.10 Å². The van der Waals surface area contributed by atoms with Gasteiger partial charge in [0.2, 0.25) is 0 Å². The number of carboxylic acid groups (broad SMARTS) is 1. The predicted octanol–water partition coefficient (Wildman–Crippen LogP) is 1.69. The van der Waals surface area contributed by atoms with E-state index in [9.17, 15) is 24.2 Å². The molecular formula is C19H22FN3O4. The smallest absolute Gasteiger partial charge is 0.314 e. The second-order valence-corrected chi connectivity index (χ2v) is 7.11. The molecule has 7 nitrogen and oxygen atoms in total. The number of rotatable bonds is 4. The number of aryl methyl sites for hydroxylation is 2. The minimum Gasteiger partial charge on any atom is -0.481 e. The van der Waals surface area contributed by atoms with Crippen molar-refractivity contribution in [2.45, 2.75) is 32.8 Å². The van der Waals surface area contributed by atoms with E-state index in [1.807, 2.05) is 0 Å². The molecule has 1 aliphatic rings. The minimum atomic E-state index is -1.60. The van der Waals surface area contributed by atoms with Crippen molar-refractivity contribution in [2.75, 3.05) is 13.1 Å². The summed E-state index contributed by atoms with van der Waals surface area (Å²) in [7, 11) is 0. The molecule has 0 saturated carbocycles. The van der Waals surface area contributed by atoms with Gasteiger partial charge in [0.25, 0.3) is 5.91 Å². The number of piperidine rings is 1. The molecule has 0 unspecified atom stereocenters. The van der Waals surface area contributed by atoms with Crippen molar-refractivity contribution < 1.29 is 24.2 Å². The lowest BCUT2D eigenvalue weighted by Crippen LogP contribution is -2.58. The number of carbonyl (C=O) groups is 2. The summed E-state index contributed by atoms with van der Waals surface area (Å²) in [6.45, 7) is 3.50. The summed E-state index contributed by atoms with van der Waals surface area (Å²) in [5.41, 5.74) is 0.412. The topological polar surface area (TPSA) is 107 Å². The minimum absolute atomic E-state index is 0.0750. The van der Waals surface area contributed by atoms with Crippen molar-refractivity contribution in [2.24, 2.45) is 5.41 Å². The Balaban J connectivity index is 1.93. The number of nitrogens with one attached hydrogen (secondary N) is 1. The summed E-state index contributed by atoms with van der Waals surface area (Å²) in [4.78, 5) is 26.5. The second kappa shape index (κ2) is 7.11. The fraction of sp³-hybridized carbons (Fsp3) is 0.421. The van der Waals surface area contributed by atoms with E-state index in [-0.39, 0.29) is 31.8 Å². The molecule has 27 heavy (non-hydrogen) atoms. The van der Waals surface area contributed by atoms with Crippen LogP contribution < -0.4 is 0 Å². The van der Waals surface area contributed by atoms with E-state index in [1.54, 1.807) is 19.9 Å². The number of likely N-dealkylation sites (tertiary alicyclic amines) is 1. The highest BCUT2D eigenvalue weighted by Gasteiger charge is 2.50. The first-order chi connectivity index (χ1) is 12.7. The van der Waals surface area contributed by atoms with Gasteiger partial charge in [0.05, 0.1) is 17.4 Å². The summed E-state index contributed by atoms with van der Waals surface area (Å²) in [5, 5.41) is 27.2. The average Bonchev–Trinajstić information content (AvgIpc) is 2.94. The molecule has 1 amide bonds. The summed E-state index contributed by atoms with van der Waals surface area (Å²) in [6, 6.07) is 5.64. The Bertz CT molecular complexity index is 862. The number of amides is 1. The summed E-state index contributed by atoms with van der Waals surface area (Å²) < 4.78 is 13.5. The first-order valence-corrected chi connectivity index (χ1v) is 8.71. The third kappa shape index (κ3) is 3.44. The van der Waals surface area contributed by atoms with Crippen molar-refractivity contribution in [3.8, 4) is 0 Å². The van der Waals surface area contributed by atoms with Gasteiger partial charge in [0.1, 0.15) is 11.2 Å². The number of benzene rings is 1. The van der Waals surface area contributed by atoms with Crippen LogP contribution in [0.15, 0.2) is 24.3 Å². The number of carboxylic acids is 1. The standard InChI is InChI=1S/C19H22FN3O4/c1-11-16(12(2)22-21-11)17(25)23-7-6-15(24)19(10-23,18(26)27)9-13-4-3-5-14(20)8-13/h3-5,8,15,24H,6-7,9-10H2,1-2H3,(H,21,22)(H,26,27)/t15-,19+/m0/s1. The number of hydrogen-bond donors (Lipinski definition) is 3. The van der Waals surface area contributed by atoms with Crippen molar-refractivity contribution in [1.29, 1.82) is 0 Å². The van der Waals surface area contributed by atoms with E-state index in [4.69, 9.17) is 0 Å². The molecular weight excluding hydrogens is 353 g/mol. The zero-order chi connectivity index (χ0) is 19.8. The van der Waals surface area contributed by atoms with Crippen LogP contribution >= 0.6 is 0 Å². The van der Waals surface area contributed by atoms with Gasteiger partial charge in [0, 0.05) is 18.8 Å². The quantitative estimate of drug-likeness (QED) is 0.754. The molecule has 1 fully saturated rings. The summed E-state index contributed by atoms with van der Waals surface area (Å²) in [6.07, 6.45) is -1.09. The van der Waals surface area contributed by atoms with E-state index < -0.39 is 23.3 Å². The third-order valence-electron chi connectivity index (χ3n) is 5.25. The van der Waals surface area contributed by atoms with Crippen molar-refractivity contribution in [3.63, 3.8) is 0 Å². The maximum Gasteiger partial charge on any atom is 0.314 e. The number of H-pyrrole nitrogens is 1. The van der Waals surface area contributed by atoms with Crippen LogP contribution in [0.2, 0.25) is 0 Å². The highest BCUT2D eigenvalue weighted by atomic mass is 19.1. The molecule has 2 heterocycles. The number of hydrogen-bond acceptors (Lipinski definition) is 4. The molecule has 1 saturated heterocycles. The fourth-order valence-corrected chi connectivity index (χ4v) is 3.75. The molecule has 144 valence electrons. The van der Waals surface area contributed by atoms with Crippen LogP contribution in [0.5, 0.6) is 0 Å². The Hall–Kier alpha value is -2.74. The van der Waals surface area contributed by atoms with Crippen molar-refractivity contribution >= 4 is 11.9 Å². The Labute approximate surface area is 155 Å². The summed E-state index contributed by atoms with van der Waals surface area (Å²) in [5.74, 6) is -2.01. The van der Waals surface area contributed by atoms with Gasteiger partial charge in [-0.25, -0.2) is 4.39 Å². The molecule has 0 radical (unpaired) electrons. The molecule has 1 aromatic heterocycles. The summed E-state index contributed by atoms with van der Waals surface area (Å²) >= 11 is 0. The van der Waals surface area contributed by atoms with Crippen molar-refractivity contribution in [3.05, 3.63) is 52.6 Å². The first-order valence-electron chi connectivity index (χ1n) is 8.71. The van der Waals surface area contributed by atoms with Crippen LogP contribution in [0.3, 0.4) is 0 Å². The lowest BCUT2D eigenvalue weighted by atomic mass is 9.72. The van der Waals surface area contributed by atoms with Gasteiger partial charge in [0.15, 0.2) is 0 Å². The Morgan fingerprint density at radius 3 is 2.74 bits per heavy atom. The molecule has 0 spiro atoms. The average molecular weight is 375 g/mol. The maximum atomic E-state index is 13.5. The largest absolute Gasteiger partial charge is 0.481 e. The first kappa shape index (κ1) is 19.0. The number of nitrogens with zero attached hydrogens (tertiary/aromatic N) is 2. The van der Waals surface area contributed by atoms with Crippen LogP contribution in [0.25, 0.3) is 0 Å². The molecule has 0 bridgehead atoms. The molecule has 8 heteroatoms. The molecule has 1 aliphatic heterocycles. The predicted molar refractivity (Wildman–Crippen MR) is 94.8 cm³/mol. The highest BCUT2D eigenvalue weighted by molar-refractivity contribution is 5.96. The molecule has 0 aliphatic carbocycles. The van der Waals surface area contributed by atoms with Gasteiger partial charge in [-0.3, -0.25) is 14.7 Å². The number of aromatic amines is 1. The molecule has 2 atom stereocenters. The monoisotopic (exact) mass is 375 g/mol. The van der Waals surface area contributed by atoms with E-state index in [1.165, 1.54) is 23.1 Å². The fourth-order valence-electron chi connectivity index (χ4n) is 3.75. The van der Waals surface area contributed by atoms with Gasteiger partial charge in [-0.05, 0) is 44.4 Å². The number of aliphatic carboxylic acids is 1. The van der Waals surface area contributed by atoms with E-state index >= 15 is 0 Å². The third-order valence-corrected chi connectivity index (χ3v) is 5.25. The van der Waals surface area contributed by atoms with Gasteiger partial charge >= 0.3 is 5.97 Å². The van der Waals surface area contributed by atoms with E-state index in [2.05, 4.69) is 10.2 Å². The second-order valence-electron chi connectivity index (χ2n) is 7.11. The number of halogens is 1. The number of aliphatic hydroxyl groups excluding tert-OH is 1. The molecule has 3 N–H and O–H groups in total. The van der Waals surface area contributed by atoms with Gasteiger partial charge in [-0.1, -0.05) is 12.1 Å². The van der Waals surface area contributed by atoms with E-state index in [0.717, 1.165) is 0 Å². The lowest BCUT2D eigenvalue weighted by molar-refractivity contribution is -0.161. The zero-order valence-electron chi connectivity index (χ0n) is 15.2. The van der Waals surface area contributed by atoms with Crippen LogP contribution in [-0.2, 0) is 11.2 Å². The zero-order valence-corrected chi connectivity index (χ0v) is 15.2.